The van der Waals surface area contributed by atoms with E-state index in [1.54, 1.807) is 48.5 Å². The second-order valence-electron chi connectivity index (χ2n) is 6.56. The maximum Gasteiger partial charge on any atom is 0.115 e. The molecule has 0 aliphatic rings. The quantitative estimate of drug-likeness (QED) is 0.315. The third kappa shape index (κ3) is 6.71. The lowest BCUT2D eigenvalue weighted by Crippen LogP contribution is -2.24. The van der Waals surface area contributed by atoms with E-state index in [9.17, 15) is 10.2 Å². The molecule has 0 saturated carbocycles. The van der Waals surface area contributed by atoms with Crippen LogP contribution in [0.25, 0.3) is 0 Å². The van der Waals surface area contributed by atoms with E-state index < -0.39 is 0 Å². The van der Waals surface area contributed by atoms with Crippen molar-refractivity contribution in [3.63, 3.8) is 0 Å². The number of nitrogens with zero attached hydrogens (tertiary/aromatic N) is 4. The zero-order valence-corrected chi connectivity index (χ0v) is 16.0. The second-order valence-corrected chi connectivity index (χ2v) is 6.56. The predicted molar refractivity (Wildman–Crippen MR) is 112 cm³/mol. The van der Waals surface area contributed by atoms with Crippen molar-refractivity contribution < 1.29 is 10.2 Å². The number of rotatable bonds is 8. The van der Waals surface area contributed by atoms with Gasteiger partial charge in [0, 0.05) is 11.8 Å². The summed E-state index contributed by atoms with van der Waals surface area (Å²) in [5.41, 5.74) is 13.4. The maximum atomic E-state index is 9.29. The molecular weight excluding hydrogens is 356 g/mol. The molecule has 2 atom stereocenters. The molecule has 148 valence electrons. The van der Waals surface area contributed by atoms with Gasteiger partial charge in [-0.2, -0.15) is 10.2 Å². The van der Waals surface area contributed by atoms with Gasteiger partial charge in [0.1, 0.15) is 23.2 Å². The van der Waals surface area contributed by atoms with Crippen molar-refractivity contribution in [3.8, 4) is 11.5 Å². The van der Waals surface area contributed by atoms with Crippen LogP contribution in [0.2, 0.25) is 0 Å². The number of benzene rings is 2. The molecule has 0 spiro atoms. The third-order valence-electron chi connectivity index (χ3n) is 4.04. The average molecular weight is 382 g/mol. The van der Waals surface area contributed by atoms with Crippen LogP contribution in [0.1, 0.15) is 13.8 Å². The Bertz CT molecular complexity index is 773. The van der Waals surface area contributed by atoms with Gasteiger partial charge in [-0.1, -0.05) is 13.8 Å². The standard InChI is InChI=1S/C20H26N6O2/c1-13(19(21)25-15-3-7-17(27)8-4-15)11-23-24-12-14(2)20(22)26-16-5-9-18(28)10-6-16/h3-10,13-14,27-28H,11-12H2,1-2H3,(H2,21,25)(H2,22,26). The molecule has 0 aliphatic carbocycles. The molecule has 0 aromatic heterocycles. The zero-order chi connectivity index (χ0) is 20.5. The fourth-order valence-corrected chi connectivity index (χ4v) is 2.12. The van der Waals surface area contributed by atoms with E-state index in [0.29, 0.717) is 36.1 Å². The van der Waals surface area contributed by atoms with Gasteiger partial charge in [0.2, 0.25) is 0 Å². The van der Waals surface area contributed by atoms with Crippen LogP contribution in [0.4, 0.5) is 11.4 Å². The number of phenols is 2. The highest BCUT2D eigenvalue weighted by Crippen LogP contribution is 2.18. The molecule has 0 fully saturated rings. The maximum absolute atomic E-state index is 9.29. The molecule has 0 radical (unpaired) electrons. The van der Waals surface area contributed by atoms with Gasteiger partial charge in [-0.3, -0.25) is 0 Å². The van der Waals surface area contributed by atoms with Crippen molar-refractivity contribution in [1.82, 2.24) is 0 Å². The molecule has 2 rings (SSSR count). The number of hydrogen-bond donors (Lipinski definition) is 4. The minimum absolute atomic E-state index is 0.0733. The Morgan fingerprint density at radius 1 is 0.714 bits per heavy atom. The second kappa shape index (κ2) is 10.1. The summed E-state index contributed by atoms with van der Waals surface area (Å²) in [4.78, 5) is 8.64. The van der Waals surface area contributed by atoms with Gasteiger partial charge in [-0.25, -0.2) is 9.98 Å². The number of aliphatic imine (C=N–C) groups is 2. The smallest absolute Gasteiger partial charge is 0.115 e. The first-order valence-electron chi connectivity index (χ1n) is 8.94. The molecular formula is C20H26N6O2. The molecule has 0 amide bonds. The van der Waals surface area contributed by atoms with Crippen molar-refractivity contribution in [2.75, 3.05) is 13.1 Å². The summed E-state index contributed by atoms with van der Waals surface area (Å²) in [5.74, 6) is 1.12. The Hall–Kier alpha value is -3.42. The van der Waals surface area contributed by atoms with Crippen LogP contribution in [0.5, 0.6) is 11.5 Å². The highest BCUT2D eigenvalue weighted by Gasteiger charge is 2.09. The summed E-state index contributed by atoms with van der Waals surface area (Å²) in [6.45, 7) is 4.66. The lowest BCUT2D eigenvalue weighted by molar-refractivity contribution is 0.475. The molecule has 0 saturated heterocycles. The van der Waals surface area contributed by atoms with Gasteiger partial charge in [-0.05, 0) is 48.5 Å². The SMILES string of the molecule is CC(CN=NCC(C)C(N)=Nc1ccc(O)cc1)C(N)=Nc1ccc(O)cc1. The first kappa shape index (κ1) is 20.9. The fraction of sp³-hybridized carbons (Fsp3) is 0.300. The largest absolute Gasteiger partial charge is 0.508 e. The Morgan fingerprint density at radius 2 is 1.04 bits per heavy atom. The van der Waals surface area contributed by atoms with Crippen molar-refractivity contribution in [1.29, 1.82) is 0 Å². The van der Waals surface area contributed by atoms with Crippen molar-refractivity contribution >= 4 is 23.0 Å². The monoisotopic (exact) mass is 382 g/mol. The topological polar surface area (TPSA) is 142 Å². The van der Waals surface area contributed by atoms with Gasteiger partial charge in [-0.15, -0.1) is 0 Å². The van der Waals surface area contributed by atoms with E-state index in [0.717, 1.165) is 0 Å². The predicted octanol–water partition coefficient (Wildman–Crippen LogP) is 3.50. The first-order chi connectivity index (χ1) is 13.3. The molecule has 28 heavy (non-hydrogen) atoms. The summed E-state index contributed by atoms with van der Waals surface area (Å²) in [6.07, 6.45) is 0. The normalized spacial score (nSPS) is 14.9. The van der Waals surface area contributed by atoms with Crippen LogP contribution in [-0.2, 0) is 0 Å². The lowest BCUT2D eigenvalue weighted by Gasteiger charge is -2.09. The number of nitrogens with two attached hydrogens (primary N) is 2. The molecule has 8 nitrogen and oxygen atoms in total. The molecule has 2 aromatic carbocycles. The fourth-order valence-electron chi connectivity index (χ4n) is 2.12. The number of aromatic hydroxyl groups is 2. The van der Waals surface area contributed by atoms with Crippen LogP contribution < -0.4 is 11.5 Å². The summed E-state index contributed by atoms with van der Waals surface area (Å²) in [5, 5.41) is 26.9. The van der Waals surface area contributed by atoms with Crippen LogP contribution >= 0.6 is 0 Å². The van der Waals surface area contributed by atoms with E-state index in [1.807, 2.05) is 13.8 Å². The Balaban J connectivity index is 1.84. The van der Waals surface area contributed by atoms with E-state index in [1.165, 1.54) is 0 Å². The van der Waals surface area contributed by atoms with Crippen molar-refractivity contribution in [2.24, 2.45) is 43.5 Å². The highest BCUT2D eigenvalue weighted by atomic mass is 16.3. The van der Waals surface area contributed by atoms with Crippen LogP contribution in [-0.4, -0.2) is 35.0 Å². The van der Waals surface area contributed by atoms with Gasteiger partial charge >= 0.3 is 0 Å². The average Bonchev–Trinajstić information content (AvgIpc) is 2.68. The summed E-state index contributed by atoms with van der Waals surface area (Å²) >= 11 is 0. The van der Waals surface area contributed by atoms with Crippen LogP contribution in [0.3, 0.4) is 0 Å². The zero-order valence-electron chi connectivity index (χ0n) is 16.0. The van der Waals surface area contributed by atoms with Crippen molar-refractivity contribution in [2.45, 2.75) is 13.8 Å². The van der Waals surface area contributed by atoms with E-state index >= 15 is 0 Å². The van der Waals surface area contributed by atoms with E-state index in [-0.39, 0.29) is 23.3 Å². The summed E-state index contributed by atoms with van der Waals surface area (Å²) in [7, 11) is 0. The minimum atomic E-state index is -0.0733. The summed E-state index contributed by atoms with van der Waals surface area (Å²) < 4.78 is 0. The Morgan fingerprint density at radius 3 is 1.36 bits per heavy atom. The van der Waals surface area contributed by atoms with Crippen LogP contribution in [0.15, 0.2) is 68.7 Å². The molecule has 0 bridgehead atoms. The number of azo groups is 1. The summed E-state index contributed by atoms with van der Waals surface area (Å²) in [6, 6.07) is 13.0. The molecule has 2 aromatic rings. The molecule has 0 heterocycles. The highest BCUT2D eigenvalue weighted by molar-refractivity contribution is 5.85. The molecule has 6 N–H and O–H groups in total. The van der Waals surface area contributed by atoms with E-state index in [4.69, 9.17) is 11.5 Å². The van der Waals surface area contributed by atoms with Gasteiger partial charge < -0.3 is 21.7 Å². The Kier molecular flexibility index (Phi) is 7.50. The van der Waals surface area contributed by atoms with Gasteiger partial charge in [0.15, 0.2) is 0 Å². The number of hydrogen-bond acceptors (Lipinski definition) is 6. The minimum Gasteiger partial charge on any atom is -0.508 e. The molecule has 0 aliphatic heterocycles. The molecule has 8 heteroatoms. The van der Waals surface area contributed by atoms with Crippen LogP contribution in [0, 0.1) is 11.8 Å². The third-order valence-corrected chi connectivity index (χ3v) is 4.04. The number of phenolic OH excluding ortho intramolecular Hbond substituents is 2. The lowest BCUT2D eigenvalue weighted by atomic mass is 10.1. The first-order valence-corrected chi connectivity index (χ1v) is 8.94. The van der Waals surface area contributed by atoms with E-state index in [2.05, 4.69) is 20.2 Å². The molecule has 2 unspecified atom stereocenters. The van der Waals surface area contributed by atoms with Gasteiger partial charge in [0.05, 0.1) is 24.5 Å². The van der Waals surface area contributed by atoms with Gasteiger partial charge in [0.25, 0.3) is 0 Å². The van der Waals surface area contributed by atoms with Crippen molar-refractivity contribution in [3.05, 3.63) is 48.5 Å². The Labute approximate surface area is 164 Å². The number of amidine groups is 2.